The zero-order chi connectivity index (χ0) is 10.6. The molecule has 1 heterocycles. The van der Waals surface area contributed by atoms with E-state index in [0.29, 0.717) is 0 Å². The van der Waals surface area contributed by atoms with Crippen molar-refractivity contribution in [3.05, 3.63) is 12.2 Å². The Morgan fingerprint density at radius 2 is 2.14 bits per heavy atom. The summed E-state index contributed by atoms with van der Waals surface area (Å²) in [6.07, 6.45) is 4.84. The van der Waals surface area contributed by atoms with Gasteiger partial charge >= 0.3 is 0 Å². The molecule has 0 amide bonds. The van der Waals surface area contributed by atoms with Crippen LogP contribution in [-0.2, 0) is 12.1 Å². The molecule has 1 unspecified atom stereocenters. The molecule has 0 spiro atoms. The first-order valence-corrected chi connectivity index (χ1v) is 5.29. The summed E-state index contributed by atoms with van der Waals surface area (Å²) >= 11 is 0. The van der Waals surface area contributed by atoms with Gasteiger partial charge in [-0.2, -0.15) is 0 Å². The molecule has 4 heteroatoms. The summed E-state index contributed by atoms with van der Waals surface area (Å²) in [5, 5.41) is 8.04. The van der Waals surface area contributed by atoms with Crippen molar-refractivity contribution in [2.45, 2.75) is 52.1 Å². The average molecular weight is 196 g/mol. The van der Waals surface area contributed by atoms with Crippen LogP contribution >= 0.6 is 0 Å². The van der Waals surface area contributed by atoms with Gasteiger partial charge in [0.2, 0.25) is 0 Å². The van der Waals surface area contributed by atoms with Gasteiger partial charge in [0.25, 0.3) is 0 Å². The molecule has 0 bridgehead atoms. The third-order valence-electron chi connectivity index (χ3n) is 2.36. The maximum absolute atomic E-state index is 6.20. The van der Waals surface area contributed by atoms with Gasteiger partial charge < -0.3 is 10.3 Å². The van der Waals surface area contributed by atoms with E-state index in [9.17, 15) is 0 Å². The molecule has 0 aliphatic rings. The molecule has 0 radical (unpaired) electrons. The molecular formula is C10H20N4. The Balaban J connectivity index is 2.87. The summed E-state index contributed by atoms with van der Waals surface area (Å²) in [7, 11) is 0. The number of hydrogen-bond donors (Lipinski definition) is 1. The molecule has 0 fully saturated rings. The predicted octanol–water partition coefficient (Wildman–Crippen LogP) is 1.66. The van der Waals surface area contributed by atoms with Crippen molar-refractivity contribution < 1.29 is 0 Å². The van der Waals surface area contributed by atoms with Crippen LogP contribution in [0.2, 0.25) is 0 Å². The number of aromatic nitrogens is 3. The van der Waals surface area contributed by atoms with E-state index < -0.39 is 0 Å². The Morgan fingerprint density at radius 3 is 2.71 bits per heavy atom. The fraction of sp³-hybridized carbons (Fsp3) is 0.800. The maximum Gasteiger partial charge on any atom is 0.152 e. The molecule has 1 atom stereocenters. The van der Waals surface area contributed by atoms with Gasteiger partial charge in [-0.25, -0.2) is 0 Å². The minimum absolute atomic E-state index is 0.347. The lowest BCUT2D eigenvalue weighted by atomic mass is 9.96. The molecule has 0 aliphatic carbocycles. The minimum Gasteiger partial charge on any atom is -0.319 e. The van der Waals surface area contributed by atoms with Crippen LogP contribution in [0.4, 0.5) is 0 Å². The zero-order valence-electron chi connectivity index (χ0n) is 9.32. The van der Waals surface area contributed by atoms with Gasteiger partial charge in [-0.15, -0.1) is 10.2 Å². The van der Waals surface area contributed by atoms with Crippen molar-refractivity contribution in [1.82, 2.24) is 14.8 Å². The smallest absolute Gasteiger partial charge is 0.152 e. The van der Waals surface area contributed by atoms with Crippen molar-refractivity contribution >= 4 is 0 Å². The van der Waals surface area contributed by atoms with Crippen LogP contribution in [0.5, 0.6) is 0 Å². The number of rotatable bonds is 5. The quantitative estimate of drug-likeness (QED) is 0.779. The lowest BCUT2D eigenvalue weighted by molar-refractivity contribution is 0.396. The highest BCUT2D eigenvalue weighted by molar-refractivity contribution is 5.02. The second kappa shape index (κ2) is 4.55. The molecule has 0 saturated heterocycles. The lowest BCUT2D eigenvalue weighted by Gasteiger charge is -2.23. The van der Waals surface area contributed by atoms with E-state index in [1.54, 1.807) is 6.33 Å². The number of nitrogens with two attached hydrogens (primary N) is 1. The van der Waals surface area contributed by atoms with Gasteiger partial charge in [-0.3, -0.25) is 0 Å². The summed E-state index contributed by atoms with van der Waals surface area (Å²) in [6, 6.07) is 0. The summed E-state index contributed by atoms with van der Waals surface area (Å²) in [5.74, 6) is 0.904. The van der Waals surface area contributed by atoms with Gasteiger partial charge in [-0.1, -0.05) is 20.3 Å². The highest BCUT2D eigenvalue weighted by atomic mass is 15.3. The van der Waals surface area contributed by atoms with Gasteiger partial charge in [-0.05, 0) is 19.8 Å². The predicted molar refractivity (Wildman–Crippen MR) is 56.8 cm³/mol. The van der Waals surface area contributed by atoms with Crippen LogP contribution in [0.25, 0.3) is 0 Å². The van der Waals surface area contributed by atoms with E-state index in [0.717, 1.165) is 31.6 Å². The van der Waals surface area contributed by atoms with Crippen LogP contribution in [0, 0.1) is 0 Å². The summed E-state index contributed by atoms with van der Waals surface area (Å²) < 4.78 is 2.05. The lowest BCUT2D eigenvalue weighted by Crippen LogP contribution is -2.36. The third kappa shape index (κ3) is 2.32. The van der Waals surface area contributed by atoms with Crippen molar-refractivity contribution in [2.75, 3.05) is 0 Å². The Kier molecular flexibility index (Phi) is 3.63. The minimum atomic E-state index is -0.347. The highest BCUT2D eigenvalue weighted by Gasteiger charge is 2.25. The second-order valence-electron chi connectivity index (χ2n) is 4.02. The molecule has 80 valence electrons. The van der Waals surface area contributed by atoms with E-state index in [4.69, 9.17) is 5.73 Å². The normalized spacial score (nSPS) is 15.4. The third-order valence-corrected chi connectivity index (χ3v) is 2.36. The zero-order valence-corrected chi connectivity index (χ0v) is 9.32. The summed E-state index contributed by atoms with van der Waals surface area (Å²) in [4.78, 5) is 0. The summed E-state index contributed by atoms with van der Waals surface area (Å²) in [5.41, 5.74) is 5.85. The van der Waals surface area contributed by atoms with Gasteiger partial charge in [0.1, 0.15) is 6.33 Å². The van der Waals surface area contributed by atoms with E-state index >= 15 is 0 Å². The van der Waals surface area contributed by atoms with E-state index in [1.807, 2.05) is 6.92 Å². The summed E-state index contributed by atoms with van der Waals surface area (Å²) in [6.45, 7) is 7.23. The van der Waals surface area contributed by atoms with Crippen LogP contribution in [0.3, 0.4) is 0 Å². The van der Waals surface area contributed by atoms with Crippen LogP contribution in [0.15, 0.2) is 6.33 Å². The molecule has 0 aliphatic heterocycles. The number of aryl methyl sites for hydroxylation is 1. The fourth-order valence-corrected chi connectivity index (χ4v) is 1.73. The molecule has 4 nitrogen and oxygen atoms in total. The monoisotopic (exact) mass is 196 g/mol. The molecule has 2 N–H and O–H groups in total. The van der Waals surface area contributed by atoms with Crippen molar-refractivity contribution in [2.24, 2.45) is 5.73 Å². The Labute approximate surface area is 85.5 Å². The van der Waals surface area contributed by atoms with Gasteiger partial charge in [0.15, 0.2) is 5.82 Å². The largest absolute Gasteiger partial charge is 0.319 e. The van der Waals surface area contributed by atoms with Crippen LogP contribution in [-0.4, -0.2) is 14.8 Å². The van der Waals surface area contributed by atoms with E-state index in [1.165, 1.54) is 0 Å². The van der Waals surface area contributed by atoms with Crippen molar-refractivity contribution in [3.63, 3.8) is 0 Å². The topological polar surface area (TPSA) is 56.7 Å². The second-order valence-corrected chi connectivity index (χ2v) is 4.02. The number of hydrogen-bond acceptors (Lipinski definition) is 3. The first-order valence-electron chi connectivity index (χ1n) is 5.29. The molecule has 0 aromatic carbocycles. The van der Waals surface area contributed by atoms with Gasteiger partial charge in [0.05, 0.1) is 5.54 Å². The van der Waals surface area contributed by atoms with Gasteiger partial charge in [0, 0.05) is 6.54 Å². The SMILES string of the molecule is CCCn1cnnc1C(C)(N)CCC. The van der Waals surface area contributed by atoms with Crippen molar-refractivity contribution in [1.29, 1.82) is 0 Å². The van der Waals surface area contributed by atoms with Crippen molar-refractivity contribution in [3.8, 4) is 0 Å². The molecule has 0 saturated carbocycles. The average Bonchev–Trinajstić information content (AvgIpc) is 2.53. The van der Waals surface area contributed by atoms with Crippen LogP contribution in [0.1, 0.15) is 45.9 Å². The standard InChI is InChI=1S/C10H20N4/c1-4-6-10(3,11)9-13-12-8-14(9)7-5-2/h8H,4-7,11H2,1-3H3. The molecule has 1 aromatic heterocycles. The molecule has 1 rings (SSSR count). The Bertz CT molecular complexity index is 277. The molecule has 1 aromatic rings. The van der Waals surface area contributed by atoms with E-state index in [2.05, 4.69) is 28.6 Å². The highest BCUT2D eigenvalue weighted by Crippen LogP contribution is 2.20. The first kappa shape index (κ1) is 11.2. The van der Waals surface area contributed by atoms with E-state index in [-0.39, 0.29) is 5.54 Å². The maximum atomic E-state index is 6.20. The first-order chi connectivity index (χ1) is 6.61. The fourth-order valence-electron chi connectivity index (χ4n) is 1.73. The Morgan fingerprint density at radius 1 is 1.43 bits per heavy atom. The number of nitrogens with zero attached hydrogens (tertiary/aromatic N) is 3. The Hall–Kier alpha value is -0.900. The van der Waals surface area contributed by atoms with Crippen LogP contribution < -0.4 is 5.73 Å². The molecular weight excluding hydrogens is 176 g/mol. The molecule has 14 heavy (non-hydrogen) atoms.